The molecule has 5 atom stereocenters. The third kappa shape index (κ3) is 4.24. The maximum Gasteiger partial charge on any atom is 0.157 e. The summed E-state index contributed by atoms with van der Waals surface area (Å²) in [7, 11) is 0. The van der Waals surface area contributed by atoms with Gasteiger partial charge in [-0.3, -0.25) is 0 Å². The number of hydrogen-bond acceptors (Lipinski definition) is 12. The quantitative estimate of drug-likeness (QED) is 0.159. The van der Waals surface area contributed by atoms with Crippen molar-refractivity contribution in [3.05, 3.63) is 82.4 Å². The van der Waals surface area contributed by atoms with Crippen molar-refractivity contribution in [3.63, 3.8) is 0 Å². The molecule has 4 unspecified atom stereocenters. The fourth-order valence-electron chi connectivity index (χ4n) is 5.71. The van der Waals surface area contributed by atoms with E-state index in [1.807, 2.05) is 0 Å². The number of fused-ring (bicyclic) bond motifs is 2. The normalized spacial score (nSPS) is 22.9. The smallest absolute Gasteiger partial charge is 0.157 e. The Morgan fingerprint density at radius 3 is 1.76 bits per heavy atom. The largest absolute Gasteiger partial charge is 0.508 e. The highest BCUT2D eigenvalue weighted by atomic mass is 16.5. The summed E-state index contributed by atoms with van der Waals surface area (Å²) in [6.07, 6.45) is -5.43. The zero-order valence-electron chi connectivity index (χ0n) is 21.6. The van der Waals surface area contributed by atoms with Crippen LogP contribution >= 0.6 is 0 Å². The number of aromatic hydroxyl groups is 8. The van der Waals surface area contributed by atoms with E-state index in [1.54, 1.807) is 0 Å². The fourth-order valence-corrected chi connectivity index (χ4v) is 5.71. The maximum atomic E-state index is 11.8. The van der Waals surface area contributed by atoms with E-state index in [1.165, 1.54) is 42.5 Å². The lowest BCUT2D eigenvalue weighted by Gasteiger charge is -2.40. The highest BCUT2D eigenvalue weighted by Gasteiger charge is 2.46. The molecule has 2 aliphatic heterocycles. The van der Waals surface area contributed by atoms with Crippen molar-refractivity contribution >= 4 is 0 Å². The molecule has 6 rings (SSSR count). The molecule has 42 heavy (non-hydrogen) atoms. The molecule has 12 nitrogen and oxygen atoms in total. The molecule has 0 bridgehead atoms. The summed E-state index contributed by atoms with van der Waals surface area (Å²) in [5.41, 5.74) is 0.435. The molecule has 0 aromatic heterocycles. The van der Waals surface area contributed by atoms with Crippen molar-refractivity contribution in [1.82, 2.24) is 0 Å². The van der Waals surface area contributed by atoms with E-state index in [2.05, 4.69) is 0 Å². The zero-order valence-corrected chi connectivity index (χ0v) is 21.6. The van der Waals surface area contributed by atoms with Gasteiger partial charge in [-0.1, -0.05) is 12.1 Å². The summed E-state index contributed by atoms with van der Waals surface area (Å²) in [6, 6.07) is 10.8. The lowest BCUT2D eigenvalue weighted by Crippen LogP contribution is -2.36. The Balaban J connectivity index is 1.55. The predicted octanol–water partition coefficient (Wildman–Crippen LogP) is 3.00. The van der Waals surface area contributed by atoms with Crippen molar-refractivity contribution in [3.8, 4) is 57.5 Å². The van der Waals surface area contributed by atoms with Gasteiger partial charge >= 0.3 is 0 Å². The number of aliphatic hydroxyl groups is 2. The topological polar surface area (TPSA) is 221 Å². The van der Waals surface area contributed by atoms with Gasteiger partial charge in [-0.15, -0.1) is 0 Å². The minimum Gasteiger partial charge on any atom is -0.508 e. The van der Waals surface area contributed by atoms with Gasteiger partial charge in [0.2, 0.25) is 0 Å². The molecule has 0 radical (unpaired) electrons. The van der Waals surface area contributed by atoms with Crippen molar-refractivity contribution in [2.45, 2.75) is 36.8 Å². The lowest BCUT2D eigenvalue weighted by molar-refractivity contribution is 0.00115. The summed E-state index contributed by atoms with van der Waals surface area (Å²) >= 11 is 0. The van der Waals surface area contributed by atoms with Crippen LogP contribution in [0.4, 0.5) is 0 Å². The Hall–Kier alpha value is -5.20. The van der Waals surface area contributed by atoms with E-state index in [-0.39, 0.29) is 51.5 Å². The molecule has 12 heteroatoms. The molecule has 2 heterocycles. The number of aliphatic hydroxyl groups excluding tert-OH is 2. The highest BCUT2D eigenvalue weighted by Crippen LogP contribution is 2.57. The third-order valence-electron chi connectivity index (χ3n) is 7.67. The second-order valence-corrected chi connectivity index (χ2v) is 10.3. The number of hydrogen-bond donors (Lipinski definition) is 10. The highest BCUT2D eigenvalue weighted by molar-refractivity contribution is 5.65. The Labute approximate surface area is 237 Å². The predicted molar refractivity (Wildman–Crippen MR) is 143 cm³/mol. The van der Waals surface area contributed by atoms with Crippen molar-refractivity contribution in [2.24, 2.45) is 0 Å². The van der Waals surface area contributed by atoms with Gasteiger partial charge in [0.15, 0.2) is 29.1 Å². The van der Waals surface area contributed by atoms with Crippen LogP contribution in [0.15, 0.2) is 54.6 Å². The molecular weight excluding hydrogens is 552 g/mol. The van der Waals surface area contributed by atoms with Crippen LogP contribution in [0.2, 0.25) is 0 Å². The average molecular weight is 579 g/mol. The lowest BCUT2D eigenvalue weighted by atomic mass is 9.77. The molecule has 0 fully saturated rings. The van der Waals surface area contributed by atoms with Gasteiger partial charge in [-0.05, 0) is 35.4 Å². The van der Waals surface area contributed by atoms with Crippen molar-refractivity contribution in [2.75, 3.05) is 0 Å². The summed E-state index contributed by atoms with van der Waals surface area (Å²) in [5.74, 6) is -5.08. The van der Waals surface area contributed by atoms with Crippen LogP contribution in [0.5, 0.6) is 57.5 Å². The van der Waals surface area contributed by atoms with E-state index in [0.29, 0.717) is 0 Å². The van der Waals surface area contributed by atoms with Crippen LogP contribution in [0.3, 0.4) is 0 Å². The van der Waals surface area contributed by atoms with Gasteiger partial charge < -0.3 is 60.5 Å². The SMILES string of the molecule is Oc1cc(O)c2c(c1)OC(c1ccc(O)c(O)c1)[C@@H](O)C2c1c(O)cc(O)c2c1OC(c1ccc(O)c(O)c1)C(O)C2. The standard InChI is InChI=1S/C30H26O12/c31-13-7-20(37)24-23(8-13)41-29(12-2-4-16(33)19(36)6-12)27(40)26(24)25-21(38)10-17(34)14-9-22(39)28(42-30(14)25)11-1-3-15(32)18(35)5-11/h1-8,10,22,26-29,31-40H,9H2/t22?,26?,27-,28?,29?/m0/s1. The monoisotopic (exact) mass is 578 g/mol. The summed E-state index contributed by atoms with van der Waals surface area (Å²) < 4.78 is 12.1. The molecule has 0 saturated heterocycles. The van der Waals surface area contributed by atoms with E-state index >= 15 is 0 Å². The van der Waals surface area contributed by atoms with Gasteiger partial charge in [0.25, 0.3) is 0 Å². The third-order valence-corrected chi connectivity index (χ3v) is 7.67. The fraction of sp³-hybridized carbons (Fsp3) is 0.200. The van der Waals surface area contributed by atoms with Crippen LogP contribution in [0.1, 0.15) is 45.9 Å². The minimum atomic E-state index is -1.59. The van der Waals surface area contributed by atoms with E-state index < -0.39 is 70.6 Å². The molecule has 4 aromatic carbocycles. The van der Waals surface area contributed by atoms with Gasteiger partial charge in [0, 0.05) is 41.3 Å². The molecule has 4 aromatic rings. The van der Waals surface area contributed by atoms with Crippen molar-refractivity contribution < 1.29 is 60.5 Å². The first-order valence-corrected chi connectivity index (χ1v) is 12.8. The van der Waals surface area contributed by atoms with E-state index in [9.17, 15) is 51.1 Å². The average Bonchev–Trinajstić information content (AvgIpc) is 2.93. The first kappa shape index (κ1) is 27.0. The second-order valence-electron chi connectivity index (χ2n) is 10.3. The van der Waals surface area contributed by atoms with Crippen molar-refractivity contribution in [1.29, 1.82) is 0 Å². The molecular formula is C30H26O12. The minimum absolute atomic E-state index is 0.0312. The molecule has 0 saturated carbocycles. The Morgan fingerprint density at radius 2 is 1.14 bits per heavy atom. The van der Waals surface area contributed by atoms with Crippen LogP contribution in [-0.2, 0) is 6.42 Å². The van der Waals surface area contributed by atoms with Crippen LogP contribution in [0, 0.1) is 0 Å². The molecule has 218 valence electrons. The number of phenols is 8. The van der Waals surface area contributed by atoms with Gasteiger partial charge in [0.1, 0.15) is 46.7 Å². The summed E-state index contributed by atoms with van der Waals surface area (Å²) in [4.78, 5) is 0. The van der Waals surface area contributed by atoms with E-state index in [0.717, 1.165) is 12.1 Å². The Kier molecular flexibility index (Phi) is 6.24. The Bertz CT molecular complexity index is 1720. The van der Waals surface area contributed by atoms with E-state index in [4.69, 9.17) is 9.47 Å². The van der Waals surface area contributed by atoms with Gasteiger partial charge in [0.05, 0.1) is 12.0 Å². The Morgan fingerprint density at radius 1 is 0.548 bits per heavy atom. The number of ether oxygens (including phenoxy) is 2. The van der Waals surface area contributed by atoms with Gasteiger partial charge in [-0.25, -0.2) is 0 Å². The van der Waals surface area contributed by atoms with Crippen LogP contribution < -0.4 is 9.47 Å². The molecule has 0 amide bonds. The number of phenolic OH excluding ortho intramolecular Hbond substituents is 8. The first-order valence-electron chi connectivity index (χ1n) is 12.8. The van der Waals surface area contributed by atoms with Gasteiger partial charge in [-0.2, -0.15) is 0 Å². The molecule has 10 N–H and O–H groups in total. The second kappa shape index (κ2) is 9.72. The van der Waals surface area contributed by atoms with Crippen LogP contribution in [0.25, 0.3) is 0 Å². The summed E-state index contributed by atoms with van der Waals surface area (Å²) in [5, 5.41) is 105. The summed E-state index contributed by atoms with van der Waals surface area (Å²) in [6.45, 7) is 0. The number of benzene rings is 4. The first-order chi connectivity index (χ1) is 19.9. The molecule has 2 aliphatic rings. The molecule has 0 spiro atoms. The van der Waals surface area contributed by atoms with Crippen LogP contribution in [-0.4, -0.2) is 63.3 Å². The molecule has 0 aliphatic carbocycles. The number of rotatable bonds is 3. The zero-order chi connectivity index (χ0) is 30.0. The maximum absolute atomic E-state index is 11.8.